The highest BCUT2D eigenvalue weighted by Gasteiger charge is 2.13. The summed E-state index contributed by atoms with van der Waals surface area (Å²) in [5.74, 6) is -0.162. The van der Waals surface area contributed by atoms with Crippen molar-refractivity contribution in [3.8, 4) is 5.75 Å². The molecule has 3 N–H and O–H groups in total. The number of hydrogen-bond donors (Lipinski definition) is 2. The molecule has 3 nitrogen and oxygen atoms in total. The summed E-state index contributed by atoms with van der Waals surface area (Å²) in [5.41, 5.74) is 7.04. The number of nitrogens with two attached hydrogens (primary N) is 1. The van der Waals surface area contributed by atoms with Crippen molar-refractivity contribution in [1.82, 2.24) is 0 Å². The summed E-state index contributed by atoms with van der Waals surface area (Å²) in [5, 5.41) is 3.23. The van der Waals surface area contributed by atoms with Crippen molar-refractivity contribution in [2.75, 3.05) is 24.2 Å². The molecule has 0 fully saturated rings. The first-order valence-electron chi connectivity index (χ1n) is 6.29. The van der Waals surface area contributed by atoms with Crippen LogP contribution in [0.4, 0.5) is 15.8 Å². The largest absolute Gasteiger partial charge is 0.490 e. The van der Waals surface area contributed by atoms with Crippen molar-refractivity contribution in [3.05, 3.63) is 17.9 Å². The third-order valence-electron chi connectivity index (χ3n) is 2.37. The molecule has 1 aromatic rings. The zero-order valence-corrected chi connectivity index (χ0v) is 11.6. The number of ether oxygens (including phenoxy) is 1. The van der Waals surface area contributed by atoms with Gasteiger partial charge >= 0.3 is 0 Å². The van der Waals surface area contributed by atoms with E-state index in [-0.39, 0.29) is 11.2 Å². The van der Waals surface area contributed by atoms with E-state index in [2.05, 4.69) is 26.1 Å². The highest BCUT2D eigenvalue weighted by Crippen LogP contribution is 2.29. The Kier molecular flexibility index (Phi) is 4.82. The SMILES string of the molecule is CCCOc1cc(NCC(C)(C)C)c(N)cc1F. The van der Waals surface area contributed by atoms with E-state index in [0.29, 0.717) is 12.3 Å². The van der Waals surface area contributed by atoms with E-state index in [1.54, 1.807) is 6.07 Å². The topological polar surface area (TPSA) is 47.3 Å². The van der Waals surface area contributed by atoms with Gasteiger partial charge in [0, 0.05) is 18.7 Å². The Balaban J connectivity index is 2.84. The molecule has 0 aliphatic heterocycles. The smallest absolute Gasteiger partial charge is 0.167 e. The molecule has 0 bridgehead atoms. The van der Waals surface area contributed by atoms with E-state index in [9.17, 15) is 4.39 Å². The molecule has 1 rings (SSSR count). The highest BCUT2D eigenvalue weighted by molar-refractivity contribution is 5.68. The first-order chi connectivity index (χ1) is 8.33. The summed E-state index contributed by atoms with van der Waals surface area (Å²) >= 11 is 0. The van der Waals surface area contributed by atoms with Gasteiger partial charge in [-0.05, 0) is 11.8 Å². The van der Waals surface area contributed by atoms with Crippen molar-refractivity contribution < 1.29 is 9.13 Å². The summed E-state index contributed by atoms with van der Waals surface area (Å²) in [4.78, 5) is 0. The van der Waals surface area contributed by atoms with Gasteiger partial charge in [0.15, 0.2) is 11.6 Å². The molecule has 0 spiro atoms. The fourth-order valence-electron chi connectivity index (χ4n) is 1.40. The number of hydrogen-bond acceptors (Lipinski definition) is 3. The second-order valence-electron chi connectivity index (χ2n) is 5.63. The lowest BCUT2D eigenvalue weighted by Gasteiger charge is -2.21. The molecule has 1 aromatic carbocycles. The molecule has 0 aliphatic rings. The van der Waals surface area contributed by atoms with Gasteiger partial charge in [0.1, 0.15) is 0 Å². The van der Waals surface area contributed by atoms with Gasteiger partial charge in [0.05, 0.1) is 18.0 Å². The van der Waals surface area contributed by atoms with E-state index < -0.39 is 5.82 Å². The maximum absolute atomic E-state index is 13.6. The number of nitrogen functional groups attached to an aromatic ring is 1. The monoisotopic (exact) mass is 254 g/mol. The Morgan fingerprint density at radius 3 is 2.56 bits per heavy atom. The summed E-state index contributed by atoms with van der Waals surface area (Å²) in [6.07, 6.45) is 0.842. The lowest BCUT2D eigenvalue weighted by atomic mass is 9.97. The number of nitrogens with one attached hydrogen (secondary N) is 1. The Labute approximate surface area is 109 Å². The fourth-order valence-corrected chi connectivity index (χ4v) is 1.40. The van der Waals surface area contributed by atoms with Crippen LogP contribution in [0.15, 0.2) is 12.1 Å². The molecule has 0 heterocycles. The molecule has 0 amide bonds. The van der Waals surface area contributed by atoms with E-state index in [1.807, 2.05) is 6.92 Å². The third-order valence-corrected chi connectivity index (χ3v) is 2.37. The fraction of sp³-hybridized carbons (Fsp3) is 0.571. The van der Waals surface area contributed by atoms with Crippen LogP contribution in [-0.4, -0.2) is 13.2 Å². The van der Waals surface area contributed by atoms with Crippen LogP contribution in [0.2, 0.25) is 0 Å². The molecule has 0 unspecified atom stereocenters. The zero-order valence-electron chi connectivity index (χ0n) is 11.6. The third kappa shape index (κ3) is 4.43. The first kappa shape index (κ1) is 14.6. The molecule has 0 radical (unpaired) electrons. The summed E-state index contributed by atoms with van der Waals surface area (Å²) in [7, 11) is 0. The lowest BCUT2D eigenvalue weighted by Crippen LogP contribution is -2.19. The molecule has 102 valence electrons. The Hall–Kier alpha value is -1.45. The predicted molar refractivity (Wildman–Crippen MR) is 74.5 cm³/mol. The van der Waals surface area contributed by atoms with E-state index in [4.69, 9.17) is 10.5 Å². The summed E-state index contributed by atoms with van der Waals surface area (Å²) in [6.45, 7) is 9.60. The maximum Gasteiger partial charge on any atom is 0.167 e. The summed E-state index contributed by atoms with van der Waals surface area (Å²) < 4.78 is 18.9. The van der Waals surface area contributed by atoms with Crippen LogP contribution in [0, 0.1) is 11.2 Å². The van der Waals surface area contributed by atoms with Gasteiger partial charge in [-0.1, -0.05) is 27.7 Å². The van der Waals surface area contributed by atoms with Crippen molar-refractivity contribution in [3.63, 3.8) is 0 Å². The second-order valence-corrected chi connectivity index (χ2v) is 5.63. The number of benzene rings is 1. The van der Waals surface area contributed by atoms with Gasteiger partial charge < -0.3 is 15.8 Å². The van der Waals surface area contributed by atoms with E-state index in [0.717, 1.165) is 18.7 Å². The standard InChI is InChI=1S/C14H23FN2O/c1-5-6-18-13-8-12(11(16)7-10(13)15)17-9-14(2,3)4/h7-8,17H,5-6,9,16H2,1-4H3. The van der Waals surface area contributed by atoms with Crippen LogP contribution in [-0.2, 0) is 0 Å². The highest BCUT2D eigenvalue weighted by atomic mass is 19.1. The summed E-state index contributed by atoms with van der Waals surface area (Å²) in [6, 6.07) is 2.93. The molecule has 4 heteroatoms. The van der Waals surface area contributed by atoms with Crippen LogP contribution in [0.25, 0.3) is 0 Å². The van der Waals surface area contributed by atoms with Crippen molar-refractivity contribution in [2.24, 2.45) is 5.41 Å². The van der Waals surface area contributed by atoms with Gasteiger partial charge in [-0.25, -0.2) is 4.39 Å². The molecule has 0 saturated heterocycles. The normalized spacial score (nSPS) is 11.4. The number of halogens is 1. The van der Waals surface area contributed by atoms with E-state index >= 15 is 0 Å². The van der Waals surface area contributed by atoms with Crippen molar-refractivity contribution in [2.45, 2.75) is 34.1 Å². The van der Waals surface area contributed by atoms with Crippen LogP contribution in [0.5, 0.6) is 5.75 Å². The van der Waals surface area contributed by atoms with Crippen LogP contribution in [0.1, 0.15) is 34.1 Å². The Bertz CT molecular complexity index is 400. The average Bonchev–Trinajstić information content (AvgIpc) is 2.25. The van der Waals surface area contributed by atoms with Crippen LogP contribution < -0.4 is 15.8 Å². The Morgan fingerprint density at radius 1 is 1.33 bits per heavy atom. The molecule has 0 aromatic heterocycles. The lowest BCUT2D eigenvalue weighted by molar-refractivity contribution is 0.301. The van der Waals surface area contributed by atoms with Gasteiger partial charge in [-0.3, -0.25) is 0 Å². The molecular weight excluding hydrogens is 231 g/mol. The minimum Gasteiger partial charge on any atom is -0.490 e. The van der Waals surface area contributed by atoms with Crippen LogP contribution in [0.3, 0.4) is 0 Å². The second kappa shape index (κ2) is 5.94. The van der Waals surface area contributed by atoms with Crippen LogP contribution >= 0.6 is 0 Å². The quantitative estimate of drug-likeness (QED) is 0.788. The average molecular weight is 254 g/mol. The van der Waals surface area contributed by atoms with E-state index in [1.165, 1.54) is 6.07 Å². The minimum absolute atomic E-state index is 0.130. The van der Waals surface area contributed by atoms with Gasteiger partial charge in [-0.2, -0.15) is 0 Å². The van der Waals surface area contributed by atoms with Gasteiger partial charge in [-0.15, -0.1) is 0 Å². The number of rotatable bonds is 5. The predicted octanol–water partition coefficient (Wildman–Crippen LogP) is 3.65. The van der Waals surface area contributed by atoms with Crippen molar-refractivity contribution >= 4 is 11.4 Å². The molecule has 0 atom stereocenters. The zero-order chi connectivity index (χ0) is 13.8. The molecule has 0 aliphatic carbocycles. The molecule has 18 heavy (non-hydrogen) atoms. The van der Waals surface area contributed by atoms with Gasteiger partial charge in [0.25, 0.3) is 0 Å². The Morgan fingerprint density at radius 2 is 2.00 bits per heavy atom. The minimum atomic E-state index is -0.415. The molecular formula is C14H23FN2O. The number of anilines is 2. The van der Waals surface area contributed by atoms with Crippen molar-refractivity contribution in [1.29, 1.82) is 0 Å². The maximum atomic E-state index is 13.6. The molecule has 0 saturated carbocycles. The van der Waals surface area contributed by atoms with Gasteiger partial charge in [0.2, 0.25) is 0 Å². The first-order valence-corrected chi connectivity index (χ1v) is 6.29.